The van der Waals surface area contributed by atoms with Gasteiger partial charge in [0, 0.05) is 23.4 Å². The lowest BCUT2D eigenvalue weighted by atomic mass is 10.1. The van der Waals surface area contributed by atoms with Gasteiger partial charge in [-0.3, -0.25) is 9.59 Å². The number of aromatic nitrogens is 2. The number of carbonyl (C=O) groups excluding carboxylic acids is 2. The maximum Gasteiger partial charge on any atom is 0.276 e. The summed E-state index contributed by atoms with van der Waals surface area (Å²) < 4.78 is 5.31. The van der Waals surface area contributed by atoms with E-state index in [-0.39, 0.29) is 11.5 Å². The van der Waals surface area contributed by atoms with Crippen LogP contribution in [0.1, 0.15) is 33.3 Å². The van der Waals surface area contributed by atoms with Crippen LogP contribution in [0.3, 0.4) is 0 Å². The first-order valence-corrected chi connectivity index (χ1v) is 8.68. The van der Waals surface area contributed by atoms with Crippen molar-refractivity contribution in [2.75, 3.05) is 17.7 Å². The molecule has 1 amide bonds. The van der Waals surface area contributed by atoms with E-state index in [1.165, 1.54) is 6.92 Å². The van der Waals surface area contributed by atoms with Crippen molar-refractivity contribution in [3.63, 3.8) is 0 Å². The van der Waals surface area contributed by atoms with Crippen LogP contribution in [0.5, 0.6) is 5.75 Å². The number of rotatable bonds is 7. The molecule has 1 aromatic heterocycles. The second-order valence-electron chi connectivity index (χ2n) is 6.06. The molecule has 0 bridgehead atoms. The van der Waals surface area contributed by atoms with Crippen molar-refractivity contribution < 1.29 is 14.3 Å². The first-order chi connectivity index (χ1) is 13.6. The van der Waals surface area contributed by atoms with Crippen molar-refractivity contribution in [2.45, 2.75) is 13.5 Å². The fourth-order valence-electron chi connectivity index (χ4n) is 2.59. The maximum absolute atomic E-state index is 12.3. The standard InChI is InChI=1S/C21H20N4O3/c1-14(26)15-7-5-8-17(12-15)23-21(27)18-10-11-20(25-24-18)22-13-16-6-3-4-9-19(16)28-2/h3-12H,13H2,1-2H3,(H,22,25)(H,23,27). The van der Waals surface area contributed by atoms with Crippen LogP contribution < -0.4 is 15.4 Å². The number of nitrogens with zero attached hydrogens (tertiary/aromatic N) is 2. The minimum absolute atomic E-state index is 0.0682. The number of nitrogens with one attached hydrogen (secondary N) is 2. The van der Waals surface area contributed by atoms with E-state index in [1.807, 2.05) is 24.3 Å². The van der Waals surface area contributed by atoms with Gasteiger partial charge in [0.25, 0.3) is 5.91 Å². The number of Topliss-reactive ketones (excluding diaryl/α,β-unsaturated/α-hetero) is 1. The number of para-hydroxylation sites is 1. The summed E-state index contributed by atoms with van der Waals surface area (Å²) in [4.78, 5) is 23.8. The Morgan fingerprint density at radius 2 is 1.82 bits per heavy atom. The number of carbonyl (C=O) groups is 2. The number of ether oxygens (including phenoxy) is 1. The predicted molar refractivity (Wildman–Crippen MR) is 107 cm³/mol. The van der Waals surface area contributed by atoms with Gasteiger partial charge in [0.1, 0.15) is 11.6 Å². The second-order valence-corrected chi connectivity index (χ2v) is 6.06. The molecule has 2 N–H and O–H groups in total. The minimum Gasteiger partial charge on any atom is -0.496 e. The Hall–Kier alpha value is -3.74. The molecule has 0 aliphatic carbocycles. The van der Waals surface area contributed by atoms with Gasteiger partial charge in [-0.1, -0.05) is 30.3 Å². The van der Waals surface area contributed by atoms with Gasteiger partial charge in [-0.2, -0.15) is 0 Å². The van der Waals surface area contributed by atoms with Crippen LogP contribution in [0, 0.1) is 0 Å². The van der Waals surface area contributed by atoms with Crippen LogP contribution in [0.2, 0.25) is 0 Å². The molecule has 0 spiro atoms. The molecule has 0 radical (unpaired) electrons. The molecule has 0 fully saturated rings. The number of methoxy groups -OCH3 is 1. The van der Waals surface area contributed by atoms with Crippen LogP contribution in [0.4, 0.5) is 11.5 Å². The Labute approximate surface area is 162 Å². The molecule has 2 aromatic carbocycles. The van der Waals surface area contributed by atoms with Crippen molar-refractivity contribution in [1.82, 2.24) is 10.2 Å². The molecule has 3 rings (SSSR count). The summed E-state index contributed by atoms with van der Waals surface area (Å²) in [5.41, 5.74) is 2.22. The molecule has 7 nitrogen and oxygen atoms in total. The summed E-state index contributed by atoms with van der Waals surface area (Å²) in [5.74, 6) is 0.860. The molecule has 7 heteroatoms. The van der Waals surface area contributed by atoms with Crippen LogP contribution in [-0.4, -0.2) is 29.0 Å². The van der Waals surface area contributed by atoms with E-state index in [4.69, 9.17) is 4.74 Å². The van der Waals surface area contributed by atoms with Crippen molar-refractivity contribution in [3.8, 4) is 5.75 Å². The summed E-state index contributed by atoms with van der Waals surface area (Å²) in [5, 5.41) is 13.9. The van der Waals surface area contributed by atoms with Crippen LogP contribution in [0.25, 0.3) is 0 Å². The van der Waals surface area contributed by atoms with Crippen LogP contribution >= 0.6 is 0 Å². The van der Waals surface area contributed by atoms with E-state index in [1.54, 1.807) is 43.5 Å². The third-order valence-corrected chi connectivity index (χ3v) is 4.08. The molecular formula is C21H20N4O3. The largest absolute Gasteiger partial charge is 0.496 e. The summed E-state index contributed by atoms with van der Waals surface area (Å²) >= 11 is 0. The van der Waals surface area contributed by atoms with Gasteiger partial charge in [-0.15, -0.1) is 10.2 Å². The lowest BCUT2D eigenvalue weighted by Crippen LogP contribution is -2.15. The average Bonchev–Trinajstić information content (AvgIpc) is 2.73. The highest BCUT2D eigenvalue weighted by molar-refractivity contribution is 6.03. The predicted octanol–water partition coefficient (Wildman–Crippen LogP) is 3.55. The third-order valence-electron chi connectivity index (χ3n) is 4.08. The van der Waals surface area contributed by atoms with Gasteiger partial charge < -0.3 is 15.4 Å². The SMILES string of the molecule is COc1ccccc1CNc1ccc(C(=O)Nc2cccc(C(C)=O)c2)nn1. The molecule has 0 aliphatic rings. The minimum atomic E-state index is -0.399. The van der Waals surface area contributed by atoms with E-state index in [0.717, 1.165) is 11.3 Å². The summed E-state index contributed by atoms with van der Waals surface area (Å²) in [7, 11) is 1.62. The second kappa shape index (κ2) is 8.77. The third kappa shape index (κ3) is 4.70. The Bertz CT molecular complexity index is 987. The molecule has 0 atom stereocenters. The molecule has 1 heterocycles. The number of hydrogen-bond donors (Lipinski definition) is 2. The van der Waals surface area contributed by atoms with Gasteiger partial charge in [-0.25, -0.2) is 0 Å². The average molecular weight is 376 g/mol. The van der Waals surface area contributed by atoms with Crippen molar-refractivity contribution in [2.24, 2.45) is 0 Å². The number of ketones is 1. The molecule has 0 unspecified atom stereocenters. The number of anilines is 2. The summed E-state index contributed by atoms with van der Waals surface area (Å²) in [6.45, 7) is 1.99. The Morgan fingerprint density at radius 1 is 1.00 bits per heavy atom. The fraction of sp³-hybridized carbons (Fsp3) is 0.143. The van der Waals surface area contributed by atoms with Gasteiger partial charge in [0.15, 0.2) is 11.5 Å². The first-order valence-electron chi connectivity index (χ1n) is 8.68. The first kappa shape index (κ1) is 19.0. The Morgan fingerprint density at radius 3 is 2.54 bits per heavy atom. The quantitative estimate of drug-likeness (QED) is 0.613. The Balaban J connectivity index is 1.63. The van der Waals surface area contributed by atoms with Crippen molar-refractivity contribution in [3.05, 3.63) is 77.5 Å². The lowest BCUT2D eigenvalue weighted by Gasteiger charge is -2.10. The highest BCUT2D eigenvalue weighted by Crippen LogP contribution is 2.18. The molecule has 0 aliphatic heterocycles. The monoisotopic (exact) mass is 376 g/mol. The fourth-order valence-corrected chi connectivity index (χ4v) is 2.59. The normalized spacial score (nSPS) is 10.2. The highest BCUT2D eigenvalue weighted by Gasteiger charge is 2.10. The van der Waals surface area contributed by atoms with E-state index in [0.29, 0.717) is 23.6 Å². The van der Waals surface area contributed by atoms with Gasteiger partial charge in [-0.05, 0) is 37.3 Å². The topological polar surface area (TPSA) is 93.2 Å². The maximum atomic E-state index is 12.3. The van der Waals surface area contributed by atoms with Crippen molar-refractivity contribution >= 4 is 23.2 Å². The number of benzene rings is 2. The van der Waals surface area contributed by atoms with E-state index < -0.39 is 5.91 Å². The van der Waals surface area contributed by atoms with E-state index in [9.17, 15) is 9.59 Å². The molecule has 142 valence electrons. The molecule has 3 aromatic rings. The zero-order valence-electron chi connectivity index (χ0n) is 15.6. The van der Waals surface area contributed by atoms with E-state index in [2.05, 4.69) is 20.8 Å². The highest BCUT2D eigenvalue weighted by atomic mass is 16.5. The van der Waals surface area contributed by atoms with Gasteiger partial charge in [0.05, 0.1) is 7.11 Å². The molecular weight excluding hydrogens is 356 g/mol. The molecule has 0 saturated carbocycles. The van der Waals surface area contributed by atoms with Crippen LogP contribution in [0.15, 0.2) is 60.7 Å². The summed E-state index contributed by atoms with van der Waals surface area (Å²) in [6.07, 6.45) is 0. The molecule has 28 heavy (non-hydrogen) atoms. The lowest BCUT2D eigenvalue weighted by molar-refractivity contribution is 0.100. The van der Waals surface area contributed by atoms with Crippen molar-refractivity contribution in [1.29, 1.82) is 0 Å². The zero-order valence-corrected chi connectivity index (χ0v) is 15.6. The molecule has 0 saturated heterocycles. The zero-order chi connectivity index (χ0) is 19.9. The van der Waals surface area contributed by atoms with Crippen LogP contribution in [-0.2, 0) is 6.54 Å². The number of hydrogen-bond acceptors (Lipinski definition) is 6. The van der Waals surface area contributed by atoms with Gasteiger partial charge in [0.2, 0.25) is 0 Å². The summed E-state index contributed by atoms with van der Waals surface area (Å²) in [6, 6.07) is 17.7. The van der Waals surface area contributed by atoms with E-state index >= 15 is 0 Å². The number of amides is 1. The Kier molecular flexibility index (Phi) is 5.96. The smallest absolute Gasteiger partial charge is 0.276 e. The van der Waals surface area contributed by atoms with Gasteiger partial charge >= 0.3 is 0 Å².